The maximum Gasteiger partial charge on any atom is 0.328 e. The fourth-order valence-corrected chi connectivity index (χ4v) is 3.58. The summed E-state index contributed by atoms with van der Waals surface area (Å²) in [6.07, 6.45) is 0.238. The number of hydrogen-bond acceptors (Lipinski definition) is 6. The van der Waals surface area contributed by atoms with Crippen molar-refractivity contribution in [2.24, 2.45) is 11.7 Å². The van der Waals surface area contributed by atoms with Gasteiger partial charge in [0, 0.05) is 37.0 Å². The van der Waals surface area contributed by atoms with Crippen LogP contribution in [0.3, 0.4) is 0 Å². The Balaban J connectivity index is 0. The topological polar surface area (TPSA) is 114 Å². The van der Waals surface area contributed by atoms with Crippen LogP contribution in [-0.2, 0) is 25.5 Å². The van der Waals surface area contributed by atoms with Gasteiger partial charge in [0.25, 0.3) is 0 Å². The molecule has 0 aliphatic rings. The molecule has 0 bridgehead atoms. The summed E-state index contributed by atoms with van der Waals surface area (Å²) in [6.45, 7) is 8.36. The number of nitrogens with one attached hydrogen (secondary N) is 2. The molecule has 0 aromatic heterocycles. The molecule has 1 aromatic carbocycles. The average Bonchev–Trinajstić information content (AvgIpc) is 2.76. The first kappa shape index (κ1) is 35.7. The lowest BCUT2D eigenvalue weighted by molar-refractivity contribution is -0.147. The molecule has 0 aliphatic carbocycles. The van der Waals surface area contributed by atoms with Crippen molar-refractivity contribution in [3.05, 3.63) is 29.8 Å². The van der Waals surface area contributed by atoms with Gasteiger partial charge in [-0.2, -0.15) is 0 Å². The number of ether oxygens (including phenoxy) is 1. The van der Waals surface area contributed by atoms with Crippen molar-refractivity contribution in [3.8, 4) is 0 Å². The summed E-state index contributed by atoms with van der Waals surface area (Å²) in [5.41, 5.74) is 7.42. The molecule has 0 heterocycles. The summed E-state index contributed by atoms with van der Waals surface area (Å²) in [4.78, 5) is 39.6. The Morgan fingerprint density at radius 2 is 1.51 bits per heavy atom. The third-order valence-electron chi connectivity index (χ3n) is 5.00. The predicted octanol–water partition coefficient (Wildman–Crippen LogP) is 2.89. The zero-order valence-electron chi connectivity index (χ0n) is 20.6. The van der Waals surface area contributed by atoms with E-state index in [1.807, 2.05) is 24.3 Å². The second kappa shape index (κ2) is 18.8. The molecule has 0 saturated heterocycles. The highest BCUT2D eigenvalue weighted by molar-refractivity contribution is 6.18. The van der Waals surface area contributed by atoms with Crippen LogP contribution >= 0.6 is 48.0 Å². The molecule has 12 heteroatoms. The maximum atomic E-state index is 12.9. The Kier molecular flexibility index (Phi) is 19.1. The number of alkyl halides is 2. The van der Waals surface area contributed by atoms with Crippen molar-refractivity contribution in [1.29, 1.82) is 0 Å². The van der Waals surface area contributed by atoms with Gasteiger partial charge in [0.05, 0.1) is 12.6 Å². The van der Waals surface area contributed by atoms with Crippen molar-refractivity contribution in [3.63, 3.8) is 0 Å². The van der Waals surface area contributed by atoms with Crippen LogP contribution in [0.25, 0.3) is 0 Å². The van der Waals surface area contributed by atoms with Gasteiger partial charge in [-0.3, -0.25) is 9.59 Å². The van der Waals surface area contributed by atoms with Crippen LogP contribution in [0, 0.1) is 5.92 Å². The fraction of sp³-hybridized carbons (Fsp3) is 0.609. The smallest absolute Gasteiger partial charge is 0.328 e. The summed E-state index contributed by atoms with van der Waals surface area (Å²) in [7, 11) is 0. The van der Waals surface area contributed by atoms with Gasteiger partial charge in [-0.05, 0) is 37.5 Å². The van der Waals surface area contributed by atoms with E-state index in [2.05, 4.69) is 15.5 Å². The Labute approximate surface area is 230 Å². The van der Waals surface area contributed by atoms with Crippen molar-refractivity contribution in [2.45, 2.75) is 52.2 Å². The van der Waals surface area contributed by atoms with Crippen molar-refractivity contribution in [2.75, 3.05) is 36.4 Å². The fourth-order valence-electron chi connectivity index (χ4n) is 3.17. The Morgan fingerprint density at radius 1 is 0.971 bits per heavy atom. The molecule has 0 spiro atoms. The first-order valence-corrected chi connectivity index (χ1v) is 12.2. The van der Waals surface area contributed by atoms with Gasteiger partial charge in [0.2, 0.25) is 11.8 Å². The normalized spacial score (nSPS) is 12.9. The van der Waals surface area contributed by atoms with Crippen molar-refractivity contribution >= 4 is 71.5 Å². The number of rotatable bonds is 14. The molecule has 1 aromatic rings. The largest absolute Gasteiger partial charge is 0.464 e. The minimum absolute atomic E-state index is 0. The van der Waals surface area contributed by atoms with E-state index in [4.69, 9.17) is 33.7 Å². The second-order valence-corrected chi connectivity index (χ2v) is 8.82. The highest BCUT2D eigenvalue weighted by Gasteiger charge is 2.30. The van der Waals surface area contributed by atoms with Crippen LogP contribution in [0.15, 0.2) is 24.3 Å². The molecule has 202 valence electrons. The van der Waals surface area contributed by atoms with Crippen LogP contribution in [0.4, 0.5) is 5.69 Å². The standard InChI is InChI=1S/C23H36Cl2N4O4.2ClH/c1-5-33-23(32)19(27-22(31)20(15(2)3)28-21(30)16(4)26)14-17-6-8-18(9-7-17)29(12-10-24)13-11-25;;/h6-9,15-16,19-20H,5,10-14,26H2,1-4H3,(H,27,31)(H,28,30);2*1H/t16-,19-,20-;;/m0../s1. The first-order valence-electron chi connectivity index (χ1n) is 11.1. The Morgan fingerprint density at radius 3 is 1.94 bits per heavy atom. The monoisotopic (exact) mass is 574 g/mol. The molecule has 0 radical (unpaired) electrons. The lowest BCUT2D eigenvalue weighted by Gasteiger charge is -2.26. The maximum absolute atomic E-state index is 12.9. The van der Waals surface area contributed by atoms with E-state index in [0.29, 0.717) is 24.8 Å². The van der Waals surface area contributed by atoms with E-state index in [9.17, 15) is 14.4 Å². The van der Waals surface area contributed by atoms with Crippen molar-refractivity contribution < 1.29 is 19.1 Å². The zero-order chi connectivity index (χ0) is 25.0. The average molecular weight is 576 g/mol. The summed E-state index contributed by atoms with van der Waals surface area (Å²) >= 11 is 11.8. The number of nitrogens with zero attached hydrogens (tertiary/aromatic N) is 1. The molecular weight excluding hydrogens is 538 g/mol. The van der Waals surface area contributed by atoms with Gasteiger partial charge in [0.1, 0.15) is 12.1 Å². The van der Waals surface area contributed by atoms with Gasteiger partial charge in [-0.25, -0.2) is 4.79 Å². The van der Waals surface area contributed by atoms with Gasteiger partial charge >= 0.3 is 5.97 Å². The van der Waals surface area contributed by atoms with E-state index in [-0.39, 0.29) is 43.8 Å². The highest BCUT2D eigenvalue weighted by atomic mass is 35.5. The lowest BCUT2D eigenvalue weighted by Crippen LogP contribution is -2.56. The van der Waals surface area contributed by atoms with Crippen LogP contribution in [0.1, 0.15) is 33.3 Å². The number of halogens is 4. The predicted molar refractivity (Wildman–Crippen MR) is 147 cm³/mol. The molecule has 0 fully saturated rings. The van der Waals surface area contributed by atoms with Gasteiger partial charge in [0.15, 0.2) is 0 Å². The second-order valence-electron chi connectivity index (χ2n) is 8.07. The summed E-state index contributed by atoms with van der Waals surface area (Å²) in [6, 6.07) is 5.15. The quantitative estimate of drug-likeness (QED) is 0.232. The van der Waals surface area contributed by atoms with Crippen molar-refractivity contribution in [1.82, 2.24) is 10.6 Å². The minimum Gasteiger partial charge on any atom is -0.464 e. The highest BCUT2D eigenvalue weighted by Crippen LogP contribution is 2.17. The number of benzene rings is 1. The van der Waals surface area contributed by atoms with E-state index >= 15 is 0 Å². The summed E-state index contributed by atoms with van der Waals surface area (Å²) < 4.78 is 5.16. The van der Waals surface area contributed by atoms with Crippen LogP contribution < -0.4 is 21.3 Å². The minimum atomic E-state index is -0.904. The van der Waals surface area contributed by atoms with Gasteiger partial charge < -0.3 is 26.0 Å². The number of carbonyl (C=O) groups excluding carboxylic acids is 3. The van der Waals surface area contributed by atoms with Crippen LogP contribution in [0.2, 0.25) is 0 Å². The molecule has 0 unspecified atom stereocenters. The molecular formula is C23H38Cl4N4O4. The summed E-state index contributed by atoms with van der Waals surface area (Å²) in [5.74, 6) is -0.695. The van der Waals surface area contributed by atoms with E-state index in [0.717, 1.165) is 11.3 Å². The molecule has 2 amide bonds. The third kappa shape index (κ3) is 12.4. The van der Waals surface area contributed by atoms with Crippen LogP contribution in [0.5, 0.6) is 0 Å². The van der Waals surface area contributed by atoms with Crippen LogP contribution in [-0.4, -0.2) is 67.4 Å². The molecule has 35 heavy (non-hydrogen) atoms. The van der Waals surface area contributed by atoms with Gasteiger partial charge in [-0.15, -0.1) is 48.0 Å². The molecule has 3 atom stereocenters. The summed E-state index contributed by atoms with van der Waals surface area (Å²) in [5, 5.41) is 5.38. The van der Waals surface area contributed by atoms with E-state index in [1.54, 1.807) is 20.8 Å². The molecule has 4 N–H and O–H groups in total. The number of esters is 1. The molecule has 0 aliphatic heterocycles. The number of anilines is 1. The SMILES string of the molecule is CCOC(=O)[C@H](Cc1ccc(N(CCCl)CCCl)cc1)NC(=O)[C@@H](NC(=O)[C@H](C)N)C(C)C.Cl.Cl. The first-order chi connectivity index (χ1) is 15.6. The molecule has 0 saturated carbocycles. The Hall–Kier alpha value is -1.45. The zero-order valence-corrected chi connectivity index (χ0v) is 23.7. The third-order valence-corrected chi connectivity index (χ3v) is 5.34. The molecule has 8 nitrogen and oxygen atoms in total. The van der Waals surface area contributed by atoms with Gasteiger partial charge in [-0.1, -0.05) is 26.0 Å². The molecule has 1 rings (SSSR count). The van der Waals surface area contributed by atoms with E-state index < -0.39 is 35.9 Å². The lowest BCUT2D eigenvalue weighted by atomic mass is 10.0. The number of carbonyl (C=O) groups is 3. The van der Waals surface area contributed by atoms with E-state index in [1.165, 1.54) is 6.92 Å². The Bertz CT molecular complexity index is 760. The number of nitrogens with two attached hydrogens (primary N) is 1. The number of amides is 2. The number of hydrogen-bond donors (Lipinski definition) is 3.